The number of nitrogens with zero attached hydrogens (tertiary/aromatic N) is 1. The van der Waals surface area contributed by atoms with Crippen molar-refractivity contribution in [1.29, 1.82) is 0 Å². The molecule has 66 valence electrons. The van der Waals surface area contributed by atoms with E-state index in [1.807, 2.05) is 0 Å². The van der Waals surface area contributed by atoms with Crippen molar-refractivity contribution in [3.8, 4) is 0 Å². The van der Waals surface area contributed by atoms with Crippen LogP contribution in [0.4, 0.5) is 14.6 Å². The van der Waals surface area contributed by atoms with Crippen LogP contribution >= 0.6 is 27.5 Å². The van der Waals surface area contributed by atoms with Crippen LogP contribution in [-0.4, -0.2) is 4.98 Å². The summed E-state index contributed by atoms with van der Waals surface area (Å²) in [6.07, 6.45) is -2.70. The molecule has 1 aromatic rings. The predicted octanol–water partition coefficient (Wildman–Crippen LogP) is 3.02. The van der Waals surface area contributed by atoms with Crippen LogP contribution in [-0.2, 0) is 0 Å². The molecule has 12 heavy (non-hydrogen) atoms. The van der Waals surface area contributed by atoms with Crippen molar-refractivity contribution in [2.45, 2.75) is 6.43 Å². The highest BCUT2D eigenvalue weighted by Gasteiger charge is 2.15. The Morgan fingerprint density at radius 1 is 1.58 bits per heavy atom. The summed E-state index contributed by atoms with van der Waals surface area (Å²) in [6, 6.07) is 1.30. The van der Waals surface area contributed by atoms with E-state index in [2.05, 4.69) is 20.9 Å². The second-order valence-electron chi connectivity index (χ2n) is 2.02. The zero-order chi connectivity index (χ0) is 9.30. The van der Waals surface area contributed by atoms with Crippen LogP contribution in [0, 0.1) is 0 Å². The van der Waals surface area contributed by atoms with Crippen LogP contribution in [0.5, 0.6) is 0 Å². The molecule has 0 saturated heterocycles. The maximum absolute atomic E-state index is 12.1. The molecule has 0 saturated carbocycles. The van der Waals surface area contributed by atoms with Gasteiger partial charge in [0.05, 0.1) is 9.50 Å². The summed E-state index contributed by atoms with van der Waals surface area (Å²) in [5.74, 6) is 0.00898. The van der Waals surface area contributed by atoms with Crippen molar-refractivity contribution >= 4 is 33.3 Å². The maximum Gasteiger partial charge on any atom is 0.281 e. The van der Waals surface area contributed by atoms with Gasteiger partial charge >= 0.3 is 0 Å². The molecule has 0 spiro atoms. The first-order valence-corrected chi connectivity index (χ1v) is 4.09. The molecule has 0 amide bonds. The highest BCUT2D eigenvalue weighted by molar-refractivity contribution is 9.10. The summed E-state index contributed by atoms with van der Waals surface area (Å²) in [6.45, 7) is 0. The standard InChI is InChI=1S/C6H4BrClF2N2/c7-2-1-3(8)4(5(9)10)12-6(2)11/h1,5H,(H2,11,12). The highest BCUT2D eigenvalue weighted by Crippen LogP contribution is 2.30. The average Bonchev–Trinajstić information content (AvgIpc) is 1.96. The first-order chi connectivity index (χ1) is 5.52. The van der Waals surface area contributed by atoms with Crippen LogP contribution in [0.15, 0.2) is 10.5 Å². The summed E-state index contributed by atoms with van der Waals surface area (Å²) in [5.41, 5.74) is 4.79. The number of aromatic nitrogens is 1. The monoisotopic (exact) mass is 256 g/mol. The molecule has 1 rings (SSSR count). The quantitative estimate of drug-likeness (QED) is 0.840. The van der Waals surface area contributed by atoms with Gasteiger partial charge in [0.2, 0.25) is 0 Å². The van der Waals surface area contributed by atoms with Gasteiger partial charge in [0.25, 0.3) is 6.43 Å². The molecule has 0 radical (unpaired) electrons. The molecule has 0 aromatic carbocycles. The molecule has 2 N–H and O–H groups in total. The van der Waals surface area contributed by atoms with Gasteiger partial charge in [0.1, 0.15) is 11.5 Å². The fraction of sp³-hybridized carbons (Fsp3) is 0.167. The number of hydrogen-bond acceptors (Lipinski definition) is 2. The molecule has 0 unspecified atom stereocenters. The molecule has 0 aliphatic rings. The highest BCUT2D eigenvalue weighted by atomic mass is 79.9. The fourth-order valence-electron chi connectivity index (χ4n) is 0.649. The SMILES string of the molecule is Nc1nc(C(F)F)c(Cl)cc1Br. The molecular weight excluding hydrogens is 253 g/mol. The van der Waals surface area contributed by atoms with Gasteiger partial charge in [-0.2, -0.15) is 0 Å². The molecule has 0 aliphatic heterocycles. The number of pyridine rings is 1. The molecule has 6 heteroatoms. The number of nitrogens with two attached hydrogens (primary N) is 1. The van der Waals surface area contributed by atoms with E-state index in [9.17, 15) is 8.78 Å². The van der Waals surface area contributed by atoms with Crippen LogP contribution in [0.2, 0.25) is 5.02 Å². The van der Waals surface area contributed by atoms with Crippen LogP contribution in [0.25, 0.3) is 0 Å². The molecule has 0 fully saturated rings. The summed E-state index contributed by atoms with van der Waals surface area (Å²) in [7, 11) is 0. The van der Waals surface area contributed by atoms with E-state index in [0.717, 1.165) is 0 Å². The third kappa shape index (κ3) is 1.84. The van der Waals surface area contributed by atoms with Crippen molar-refractivity contribution < 1.29 is 8.78 Å². The van der Waals surface area contributed by atoms with Gasteiger partial charge in [-0.25, -0.2) is 13.8 Å². The lowest BCUT2D eigenvalue weighted by molar-refractivity contribution is 0.146. The largest absolute Gasteiger partial charge is 0.383 e. The zero-order valence-corrected chi connectivity index (χ0v) is 8.03. The third-order valence-corrected chi connectivity index (χ3v) is 2.13. The molecule has 1 heterocycles. The van der Waals surface area contributed by atoms with E-state index in [1.165, 1.54) is 6.07 Å². The Kier molecular flexibility index (Phi) is 2.85. The molecule has 0 atom stereocenters. The van der Waals surface area contributed by atoms with Crippen LogP contribution in [0.3, 0.4) is 0 Å². The molecule has 2 nitrogen and oxygen atoms in total. The van der Waals surface area contributed by atoms with E-state index < -0.39 is 12.1 Å². The number of halogens is 4. The van der Waals surface area contributed by atoms with Gasteiger partial charge in [-0.3, -0.25) is 0 Å². The van der Waals surface area contributed by atoms with E-state index in [-0.39, 0.29) is 10.8 Å². The minimum absolute atomic E-state index is 0.00898. The molecular formula is C6H4BrClF2N2. The van der Waals surface area contributed by atoms with Crippen molar-refractivity contribution in [2.24, 2.45) is 0 Å². The predicted molar refractivity (Wildman–Crippen MR) is 46.3 cm³/mol. The smallest absolute Gasteiger partial charge is 0.281 e. The maximum atomic E-state index is 12.1. The van der Waals surface area contributed by atoms with Crippen molar-refractivity contribution in [2.75, 3.05) is 5.73 Å². The molecule has 0 bridgehead atoms. The minimum Gasteiger partial charge on any atom is -0.383 e. The number of rotatable bonds is 1. The van der Waals surface area contributed by atoms with Gasteiger partial charge in [0, 0.05) is 0 Å². The lowest BCUT2D eigenvalue weighted by Gasteiger charge is -2.04. The van der Waals surface area contributed by atoms with Gasteiger partial charge in [-0.15, -0.1) is 0 Å². The number of anilines is 1. The Morgan fingerprint density at radius 3 is 2.67 bits per heavy atom. The zero-order valence-electron chi connectivity index (χ0n) is 5.69. The van der Waals surface area contributed by atoms with Gasteiger partial charge < -0.3 is 5.73 Å². The van der Waals surface area contributed by atoms with Crippen molar-refractivity contribution in [3.05, 3.63) is 21.3 Å². The average molecular weight is 257 g/mol. The molecule has 0 aliphatic carbocycles. The lowest BCUT2D eigenvalue weighted by atomic mass is 10.3. The normalized spacial score (nSPS) is 10.8. The van der Waals surface area contributed by atoms with Gasteiger partial charge in [0.15, 0.2) is 0 Å². The first kappa shape index (κ1) is 9.67. The Balaban J connectivity index is 3.23. The fourth-order valence-corrected chi connectivity index (χ4v) is 1.33. The summed E-state index contributed by atoms with van der Waals surface area (Å²) in [4.78, 5) is 3.42. The van der Waals surface area contributed by atoms with E-state index in [4.69, 9.17) is 17.3 Å². The van der Waals surface area contributed by atoms with E-state index >= 15 is 0 Å². The molecule has 1 aromatic heterocycles. The van der Waals surface area contributed by atoms with E-state index in [1.54, 1.807) is 0 Å². The van der Waals surface area contributed by atoms with Crippen LogP contribution in [0.1, 0.15) is 12.1 Å². The van der Waals surface area contributed by atoms with Crippen LogP contribution < -0.4 is 5.73 Å². The van der Waals surface area contributed by atoms with E-state index in [0.29, 0.717) is 4.47 Å². The second kappa shape index (κ2) is 3.53. The van der Waals surface area contributed by atoms with Crippen molar-refractivity contribution in [1.82, 2.24) is 4.98 Å². The Hall–Kier alpha value is -0.420. The van der Waals surface area contributed by atoms with Gasteiger partial charge in [-0.1, -0.05) is 11.6 Å². The summed E-state index contributed by atoms with van der Waals surface area (Å²) >= 11 is 8.48. The Labute approximate surface area is 80.9 Å². The van der Waals surface area contributed by atoms with Gasteiger partial charge in [-0.05, 0) is 22.0 Å². The first-order valence-electron chi connectivity index (χ1n) is 2.92. The Morgan fingerprint density at radius 2 is 2.17 bits per heavy atom. The number of nitrogen functional groups attached to an aromatic ring is 1. The lowest BCUT2D eigenvalue weighted by Crippen LogP contribution is -1.98. The number of hydrogen-bond donors (Lipinski definition) is 1. The third-order valence-electron chi connectivity index (χ3n) is 1.19. The minimum atomic E-state index is -2.70. The summed E-state index contributed by atoms with van der Waals surface area (Å²) in [5, 5.41) is -0.0916. The number of alkyl halides is 2. The summed E-state index contributed by atoms with van der Waals surface area (Å²) < 4.78 is 24.7. The Bertz CT molecular complexity index is 306. The second-order valence-corrected chi connectivity index (χ2v) is 3.28. The van der Waals surface area contributed by atoms with Crippen molar-refractivity contribution in [3.63, 3.8) is 0 Å². The topological polar surface area (TPSA) is 38.9 Å².